The molecule has 1 aliphatic rings. The van der Waals surface area contributed by atoms with Gasteiger partial charge in [0.2, 0.25) is 5.91 Å². The number of nitrogens with one attached hydrogen (secondary N) is 1. The highest BCUT2D eigenvalue weighted by Gasteiger charge is 2.30. The molecule has 0 aromatic heterocycles. The van der Waals surface area contributed by atoms with Crippen molar-refractivity contribution >= 4 is 17.6 Å². The predicted molar refractivity (Wildman–Crippen MR) is 85.3 cm³/mol. The van der Waals surface area contributed by atoms with Crippen LogP contribution in [-0.4, -0.2) is 42.5 Å². The number of benzene rings is 1. The van der Waals surface area contributed by atoms with Crippen LogP contribution >= 0.6 is 0 Å². The second-order valence-corrected chi connectivity index (χ2v) is 5.95. The smallest absolute Gasteiger partial charge is 0.309 e. The molecule has 8 heteroatoms. The summed E-state index contributed by atoms with van der Waals surface area (Å²) in [6.07, 6.45) is 1.13. The number of rotatable bonds is 5. The maximum absolute atomic E-state index is 13.6. The number of amides is 1. The van der Waals surface area contributed by atoms with Gasteiger partial charge in [-0.3, -0.25) is 14.5 Å². The van der Waals surface area contributed by atoms with Crippen LogP contribution in [0.4, 0.5) is 18.9 Å². The zero-order valence-corrected chi connectivity index (χ0v) is 14.2. The van der Waals surface area contributed by atoms with E-state index in [1.807, 2.05) is 4.90 Å². The number of hydrogen-bond donors (Lipinski definition) is 1. The largest absolute Gasteiger partial charge is 0.466 e. The van der Waals surface area contributed by atoms with Crippen LogP contribution < -0.4 is 5.32 Å². The van der Waals surface area contributed by atoms with Gasteiger partial charge in [0.25, 0.3) is 0 Å². The van der Waals surface area contributed by atoms with Gasteiger partial charge in [0, 0.05) is 0 Å². The Balaban J connectivity index is 1.93. The average molecular weight is 358 g/mol. The summed E-state index contributed by atoms with van der Waals surface area (Å²) in [5.74, 6) is -5.32. The normalized spacial score (nSPS) is 17.2. The standard InChI is InChI=1S/C17H21F3N2O3/c1-3-25-17(24)11-6-8-22(9-7-11)10(2)16(23)21-13-5-4-12(18)14(19)15(13)20/h4-5,10-11H,3,6-9H2,1-2H3,(H,21,23)/t10-/m0/s1. The molecule has 1 aromatic carbocycles. The second kappa shape index (κ2) is 8.33. The van der Waals surface area contributed by atoms with E-state index in [1.165, 1.54) is 0 Å². The van der Waals surface area contributed by atoms with Crippen molar-refractivity contribution in [2.24, 2.45) is 5.92 Å². The molecule has 0 spiro atoms. The summed E-state index contributed by atoms with van der Waals surface area (Å²) in [4.78, 5) is 25.8. The number of anilines is 1. The molecular weight excluding hydrogens is 337 g/mol. The lowest BCUT2D eigenvalue weighted by Gasteiger charge is -2.34. The third kappa shape index (κ3) is 4.50. The van der Waals surface area contributed by atoms with Crippen LogP contribution in [0.5, 0.6) is 0 Å². The van der Waals surface area contributed by atoms with Crippen LogP contribution in [0.3, 0.4) is 0 Å². The van der Waals surface area contributed by atoms with Crippen LogP contribution in [0.15, 0.2) is 12.1 Å². The molecule has 138 valence electrons. The Kier molecular flexibility index (Phi) is 6.41. The molecule has 1 aromatic rings. The van der Waals surface area contributed by atoms with Gasteiger partial charge in [0.1, 0.15) is 0 Å². The highest BCUT2D eigenvalue weighted by atomic mass is 19.2. The summed E-state index contributed by atoms with van der Waals surface area (Å²) in [7, 11) is 0. The minimum atomic E-state index is -1.62. The first kappa shape index (κ1) is 19.2. The summed E-state index contributed by atoms with van der Waals surface area (Å²) < 4.78 is 44.8. The Labute approximate surface area is 144 Å². The van der Waals surface area contributed by atoms with Crippen molar-refractivity contribution in [3.63, 3.8) is 0 Å². The van der Waals surface area contributed by atoms with Crippen LogP contribution in [0, 0.1) is 23.4 Å². The van der Waals surface area contributed by atoms with Crippen molar-refractivity contribution in [3.05, 3.63) is 29.6 Å². The first-order valence-electron chi connectivity index (χ1n) is 8.20. The molecule has 0 radical (unpaired) electrons. The van der Waals surface area contributed by atoms with Gasteiger partial charge in [-0.1, -0.05) is 0 Å². The highest BCUT2D eigenvalue weighted by Crippen LogP contribution is 2.23. The van der Waals surface area contributed by atoms with Gasteiger partial charge < -0.3 is 10.1 Å². The Bertz CT molecular complexity index is 646. The number of nitrogens with zero attached hydrogens (tertiary/aromatic N) is 1. The SMILES string of the molecule is CCOC(=O)C1CCN([C@@H](C)C(=O)Nc2ccc(F)c(F)c2F)CC1. The first-order valence-corrected chi connectivity index (χ1v) is 8.20. The maximum Gasteiger partial charge on any atom is 0.309 e. The molecule has 1 fully saturated rings. The van der Waals surface area contributed by atoms with E-state index in [9.17, 15) is 22.8 Å². The van der Waals surface area contributed by atoms with Crippen LogP contribution in [0.2, 0.25) is 0 Å². The van der Waals surface area contributed by atoms with Crippen molar-refractivity contribution in [1.82, 2.24) is 4.90 Å². The number of carbonyl (C=O) groups excluding carboxylic acids is 2. The minimum Gasteiger partial charge on any atom is -0.466 e. The van der Waals surface area contributed by atoms with E-state index in [0.717, 1.165) is 12.1 Å². The number of halogens is 3. The quantitative estimate of drug-likeness (QED) is 0.650. The van der Waals surface area contributed by atoms with Gasteiger partial charge in [-0.2, -0.15) is 0 Å². The highest BCUT2D eigenvalue weighted by molar-refractivity contribution is 5.94. The van der Waals surface area contributed by atoms with E-state index in [1.54, 1.807) is 13.8 Å². The lowest BCUT2D eigenvalue weighted by atomic mass is 9.96. The fourth-order valence-corrected chi connectivity index (χ4v) is 2.81. The number of likely N-dealkylation sites (tertiary alicyclic amines) is 1. The number of piperidine rings is 1. The molecule has 1 aliphatic heterocycles. The third-order valence-corrected chi connectivity index (χ3v) is 4.37. The molecule has 25 heavy (non-hydrogen) atoms. The van der Waals surface area contributed by atoms with E-state index in [2.05, 4.69) is 5.32 Å². The Morgan fingerprint density at radius 1 is 1.24 bits per heavy atom. The first-order chi connectivity index (χ1) is 11.8. The van der Waals surface area contributed by atoms with E-state index in [0.29, 0.717) is 32.5 Å². The Morgan fingerprint density at radius 2 is 1.88 bits per heavy atom. The van der Waals surface area contributed by atoms with Crippen LogP contribution in [0.25, 0.3) is 0 Å². The fraction of sp³-hybridized carbons (Fsp3) is 0.529. The van der Waals surface area contributed by atoms with Crippen molar-refractivity contribution in [2.45, 2.75) is 32.7 Å². The van der Waals surface area contributed by atoms with Crippen molar-refractivity contribution in [2.75, 3.05) is 25.0 Å². The molecule has 0 aliphatic carbocycles. The number of ether oxygens (including phenoxy) is 1. The zero-order valence-electron chi connectivity index (χ0n) is 14.2. The molecule has 0 bridgehead atoms. The third-order valence-electron chi connectivity index (χ3n) is 4.37. The summed E-state index contributed by atoms with van der Waals surface area (Å²) >= 11 is 0. The monoisotopic (exact) mass is 358 g/mol. The zero-order chi connectivity index (χ0) is 18.6. The molecule has 0 saturated carbocycles. The van der Waals surface area contributed by atoms with E-state index >= 15 is 0 Å². The summed E-state index contributed by atoms with van der Waals surface area (Å²) in [5, 5.41) is 2.28. The van der Waals surface area contributed by atoms with Gasteiger partial charge in [0.15, 0.2) is 17.5 Å². The van der Waals surface area contributed by atoms with Gasteiger partial charge in [0.05, 0.1) is 24.3 Å². The van der Waals surface area contributed by atoms with Crippen LogP contribution in [0.1, 0.15) is 26.7 Å². The molecular formula is C17H21F3N2O3. The lowest BCUT2D eigenvalue weighted by molar-refractivity contribution is -0.149. The topological polar surface area (TPSA) is 58.6 Å². The van der Waals surface area contributed by atoms with E-state index in [-0.39, 0.29) is 11.9 Å². The molecule has 2 rings (SSSR count). The predicted octanol–water partition coefficient (Wildman–Crippen LogP) is 2.71. The lowest BCUT2D eigenvalue weighted by Crippen LogP contribution is -2.47. The van der Waals surface area contributed by atoms with Gasteiger partial charge >= 0.3 is 5.97 Å². The molecule has 1 N–H and O–H groups in total. The molecule has 1 heterocycles. The Hall–Kier alpha value is -2.09. The molecule has 1 amide bonds. The molecule has 5 nitrogen and oxygen atoms in total. The van der Waals surface area contributed by atoms with Gasteiger partial charge in [-0.05, 0) is 51.9 Å². The van der Waals surface area contributed by atoms with Crippen molar-refractivity contribution in [3.8, 4) is 0 Å². The van der Waals surface area contributed by atoms with Crippen molar-refractivity contribution in [1.29, 1.82) is 0 Å². The molecule has 0 unspecified atom stereocenters. The van der Waals surface area contributed by atoms with Gasteiger partial charge in [-0.15, -0.1) is 0 Å². The average Bonchev–Trinajstić information content (AvgIpc) is 2.61. The molecule has 1 atom stereocenters. The fourth-order valence-electron chi connectivity index (χ4n) is 2.81. The maximum atomic E-state index is 13.6. The summed E-state index contributed by atoms with van der Waals surface area (Å²) in [6, 6.07) is 1.13. The van der Waals surface area contributed by atoms with Crippen molar-refractivity contribution < 1.29 is 27.5 Å². The summed E-state index contributed by atoms with van der Waals surface area (Å²) in [6.45, 7) is 4.74. The number of esters is 1. The van der Waals surface area contributed by atoms with Gasteiger partial charge in [-0.25, -0.2) is 13.2 Å². The summed E-state index contributed by atoms with van der Waals surface area (Å²) in [5.41, 5.74) is -0.405. The van der Waals surface area contributed by atoms with E-state index < -0.39 is 35.1 Å². The van der Waals surface area contributed by atoms with Crippen LogP contribution in [-0.2, 0) is 14.3 Å². The Morgan fingerprint density at radius 3 is 2.48 bits per heavy atom. The number of carbonyl (C=O) groups is 2. The second-order valence-electron chi connectivity index (χ2n) is 5.95. The minimum absolute atomic E-state index is 0.185. The van der Waals surface area contributed by atoms with E-state index in [4.69, 9.17) is 4.74 Å². The molecule has 1 saturated heterocycles. The number of hydrogen-bond acceptors (Lipinski definition) is 4.